The molecule has 0 saturated carbocycles. The number of hydrogen-bond donors (Lipinski definition) is 3. The minimum Gasteiger partial charge on any atom is -0.348 e. The van der Waals surface area contributed by atoms with Crippen LogP contribution in [0, 0.1) is 5.92 Å². The van der Waals surface area contributed by atoms with E-state index in [1.54, 1.807) is 12.4 Å². The van der Waals surface area contributed by atoms with Crippen molar-refractivity contribution in [2.75, 3.05) is 0 Å². The van der Waals surface area contributed by atoms with Crippen molar-refractivity contribution >= 4 is 5.91 Å². The van der Waals surface area contributed by atoms with E-state index in [4.69, 9.17) is 5.73 Å². The molecule has 1 aromatic heterocycles. The molecule has 4 N–H and O–H groups in total. The van der Waals surface area contributed by atoms with Crippen LogP contribution in [0.25, 0.3) is 0 Å². The molecule has 0 aliphatic heterocycles. The van der Waals surface area contributed by atoms with Crippen molar-refractivity contribution in [3.05, 3.63) is 18.0 Å². The van der Waals surface area contributed by atoms with Gasteiger partial charge in [-0.1, -0.05) is 13.8 Å². The van der Waals surface area contributed by atoms with Crippen LogP contribution in [-0.2, 0) is 4.79 Å². The van der Waals surface area contributed by atoms with Crippen molar-refractivity contribution in [1.29, 1.82) is 0 Å². The molecule has 1 heterocycles. The molecule has 0 saturated heterocycles. The van der Waals surface area contributed by atoms with Crippen molar-refractivity contribution < 1.29 is 4.79 Å². The third-order valence-corrected chi connectivity index (χ3v) is 2.44. The van der Waals surface area contributed by atoms with Crippen LogP contribution in [0.1, 0.15) is 38.8 Å². The topological polar surface area (TPSA) is 83.8 Å². The van der Waals surface area contributed by atoms with Crippen molar-refractivity contribution in [3.8, 4) is 0 Å². The quantitative estimate of drug-likeness (QED) is 0.696. The second-order valence-corrected chi connectivity index (χ2v) is 4.50. The van der Waals surface area contributed by atoms with Gasteiger partial charge in [0.25, 0.3) is 0 Å². The molecule has 1 amide bonds. The number of nitrogens with one attached hydrogen (secondary N) is 2. The fourth-order valence-electron chi connectivity index (χ4n) is 1.52. The first-order valence-corrected chi connectivity index (χ1v) is 5.55. The van der Waals surface area contributed by atoms with E-state index in [-0.39, 0.29) is 11.9 Å². The number of hydrogen-bond acceptors (Lipinski definition) is 3. The summed E-state index contributed by atoms with van der Waals surface area (Å²) in [5, 5.41) is 9.41. The van der Waals surface area contributed by atoms with E-state index in [0.29, 0.717) is 12.3 Å². The van der Waals surface area contributed by atoms with Gasteiger partial charge >= 0.3 is 0 Å². The highest BCUT2D eigenvalue weighted by Gasteiger charge is 2.17. The average molecular weight is 224 g/mol. The molecule has 0 bridgehead atoms. The standard InChI is InChI=1S/C11H20N4O/c1-7(2)4-10(12)11(16)15-8(3)9-5-13-14-6-9/h5-8,10H,4,12H2,1-3H3,(H,13,14)(H,15,16)/t8?,10-/m0/s1. The lowest BCUT2D eigenvalue weighted by atomic mass is 10.0. The van der Waals surface area contributed by atoms with E-state index in [0.717, 1.165) is 5.56 Å². The van der Waals surface area contributed by atoms with Gasteiger partial charge in [-0.3, -0.25) is 9.89 Å². The Bertz CT molecular complexity index is 321. The summed E-state index contributed by atoms with van der Waals surface area (Å²) >= 11 is 0. The van der Waals surface area contributed by atoms with Gasteiger partial charge in [0.1, 0.15) is 0 Å². The van der Waals surface area contributed by atoms with Gasteiger partial charge in [0.15, 0.2) is 0 Å². The number of nitrogens with zero attached hydrogens (tertiary/aromatic N) is 1. The summed E-state index contributed by atoms with van der Waals surface area (Å²) in [6.07, 6.45) is 4.15. The van der Waals surface area contributed by atoms with E-state index in [1.165, 1.54) is 0 Å². The molecule has 0 radical (unpaired) electrons. The fourth-order valence-corrected chi connectivity index (χ4v) is 1.52. The molecular formula is C11H20N4O. The van der Waals surface area contributed by atoms with Gasteiger partial charge in [0, 0.05) is 11.8 Å². The van der Waals surface area contributed by atoms with Crippen LogP contribution in [0.3, 0.4) is 0 Å². The third kappa shape index (κ3) is 3.66. The lowest BCUT2D eigenvalue weighted by molar-refractivity contribution is -0.123. The highest BCUT2D eigenvalue weighted by Crippen LogP contribution is 2.10. The van der Waals surface area contributed by atoms with Crippen molar-refractivity contribution in [2.24, 2.45) is 11.7 Å². The van der Waals surface area contributed by atoms with Crippen LogP contribution in [0.4, 0.5) is 0 Å². The summed E-state index contributed by atoms with van der Waals surface area (Å²) in [6, 6.07) is -0.501. The first kappa shape index (κ1) is 12.7. The molecule has 2 atom stereocenters. The number of carbonyl (C=O) groups is 1. The Kier molecular flexibility index (Phi) is 4.49. The van der Waals surface area contributed by atoms with Gasteiger partial charge in [-0.25, -0.2) is 0 Å². The lowest BCUT2D eigenvalue weighted by Crippen LogP contribution is -2.42. The zero-order valence-electron chi connectivity index (χ0n) is 10.0. The summed E-state index contributed by atoms with van der Waals surface area (Å²) in [7, 11) is 0. The molecule has 1 rings (SSSR count). The Morgan fingerprint density at radius 2 is 2.25 bits per heavy atom. The molecule has 0 aromatic carbocycles. The van der Waals surface area contributed by atoms with E-state index in [9.17, 15) is 4.79 Å². The monoisotopic (exact) mass is 224 g/mol. The summed E-state index contributed by atoms with van der Waals surface area (Å²) in [5.41, 5.74) is 6.73. The minimum atomic E-state index is -0.436. The number of amides is 1. The van der Waals surface area contributed by atoms with Crippen molar-refractivity contribution in [2.45, 2.75) is 39.3 Å². The Hall–Kier alpha value is -1.36. The molecular weight excluding hydrogens is 204 g/mol. The zero-order chi connectivity index (χ0) is 12.1. The second kappa shape index (κ2) is 5.65. The molecule has 5 heteroatoms. The van der Waals surface area contributed by atoms with Crippen LogP contribution >= 0.6 is 0 Å². The first-order chi connectivity index (χ1) is 7.50. The van der Waals surface area contributed by atoms with Crippen molar-refractivity contribution in [3.63, 3.8) is 0 Å². The van der Waals surface area contributed by atoms with Gasteiger partial charge in [-0.15, -0.1) is 0 Å². The SMILES string of the molecule is CC(C)C[C@H](N)C(=O)NC(C)c1cn[nH]c1. The largest absolute Gasteiger partial charge is 0.348 e. The molecule has 16 heavy (non-hydrogen) atoms. The van der Waals surface area contributed by atoms with Crippen molar-refractivity contribution in [1.82, 2.24) is 15.5 Å². The molecule has 0 spiro atoms. The molecule has 0 aliphatic carbocycles. The fraction of sp³-hybridized carbons (Fsp3) is 0.636. The maximum absolute atomic E-state index is 11.7. The highest BCUT2D eigenvalue weighted by atomic mass is 16.2. The predicted molar refractivity (Wildman–Crippen MR) is 62.6 cm³/mol. The molecule has 5 nitrogen and oxygen atoms in total. The molecule has 1 unspecified atom stereocenters. The van der Waals surface area contributed by atoms with Crippen LogP contribution in [-0.4, -0.2) is 22.1 Å². The summed E-state index contributed by atoms with van der Waals surface area (Å²) in [4.78, 5) is 11.7. The summed E-state index contributed by atoms with van der Waals surface area (Å²) < 4.78 is 0. The molecule has 1 aromatic rings. The number of rotatable bonds is 5. The average Bonchev–Trinajstić information content (AvgIpc) is 2.68. The molecule has 0 aliphatic rings. The van der Waals surface area contributed by atoms with Gasteiger partial charge < -0.3 is 11.1 Å². The van der Waals surface area contributed by atoms with Gasteiger partial charge in [-0.05, 0) is 19.3 Å². The smallest absolute Gasteiger partial charge is 0.237 e. The maximum atomic E-state index is 11.7. The Morgan fingerprint density at radius 3 is 2.75 bits per heavy atom. The number of aromatic nitrogens is 2. The minimum absolute atomic E-state index is 0.0653. The number of H-pyrrole nitrogens is 1. The lowest BCUT2D eigenvalue weighted by Gasteiger charge is -2.17. The molecule has 90 valence electrons. The Balaban J connectivity index is 2.45. The predicted octanol–water partition coefficient (Wildman–Crippen LogP) is 0.960. The van der Waals surface area contributed by atoms with Crippen LogP contribution in [0.15, 0.2) is 12.4 Å². The van der Waals surface area contributed by atoms with Gasteiger partial charge in [-0.2, -0.15) is 5.10 Å². The van der Waals surface area contributed by atoms with Crippen LogP contribution in [0.2, 0.25) is 0 Å². The van der Waals surface area contributed by atoms with Gasteiger partial charge in [0.2, 0.25) is 5.91 Å². The van der Waals surface area contributed by atoms with Gasteiger partial charge in [0.05, 0.1) is 18.3 Å². The number of nitrogens with two attached hydrogens (primary N) is 1. The van der Waals surface area contributed by atoms with E-state index >= 15 is 0 Å². The third-order valence-electron chi connectivity index (χ3n) is 2.44. The number of carbonyl (C=O) groups excluding carboxylic acids is 1. The normalized spacial score (nSPS) is 14.8. The first-order valence-electron chi connectivity index (χ1n) is 5.55. The second-order valence-electron chi connectivity index (χ2n) is 4.50. The highest BCUT2D eigenvalue weighted by molar-refractivity contribution is 5.81. The van der Waals surface area contributed by atoms with E-state index in [2.05, 4.69) is 15.5 Å². The van der Waals surface area contributed by atoms with E-state index < -0.39 is 6.04 Å². The number of aromatic amines is 1. The summed E-state index contributed by atoms with van der Waals surface area (Å²) in [6.45, 7) is 6.00. The maximum Gasteiger partial charge on any atom is 0.237 e. The molecule has 0 fully saturated rings. The zero-order valence-corrected chi connectivity index (χ0v) is 10.0. The Morgan fingerprint density at radius 1 is 1.56 bits per heavy atom. The van der Waals surface area contributed by atoms with Crippen LogP contribution in [0.5, 0.6) is 0 Å². The Labute approximate surface area is 95.8 Å². The summed E-state index contributed by atoms with van der Waals surface area (Å²) in [5.74, 6) is 0.312. The van der Waals surface area contributed by atoms with E-state index in [1.807, 2.05) is 20.8 Å². The van der Waals surface area contributed by atoms with Crippen LogP contribution < -0.4 is 11.1 Å².